The summed E-state index contributed by atoms with van der Waals surface area (Å²) in [6.07, 6.45) is 0. The molecule has 0 aliphatic heterocycles. The van der Waals surface area contributed by atoms with Crippen molar-refractivity contribution in [3.8, 4) is 5.75 Å². The van der Waals surface area contributed by atoms with E-state index >= 15 is 0 Å². The van der Waals surface area contributed by atoms with Gasteiger partial charge >= 0.3 is 0 Å². The zero-order valence-corrected chi connectivity index (χ0v) is 13.2. The molecule has 0 amide bonds. The third-order valence-corrected chi connectivity index (χ3v) is 3.91. The Morgan fingerprint density at radius 3 is 2.76 bits per heavy atom. The smallest absolute Gasteiger partial charge is 0.142 e. The van der Waals surface area contributed by atoms with Gasteiger partial charge in [0.05, 0.1) is 5.02 Å². The lowest BCUT2D eigenvalue weighted by Crippen LogP contribution is -2.14. The summed E-state index contributed by atoms with van der Waals surface area (Å²) in [4.78, 5) is 0. The predicted molar refractivity (Wildman–Crippen MR) is 84.4 cm³/mol. The van der Waals surface area contributed by atoms with E-state index in [1.54, 1.807) is 12.1 Å². The first-order valence-corrected chi connectivity index (χ1v) is 7.24. The summed E-state index contributed by atoms with van der Waals surface area (Å²) in [7, 11) is 1.90. The Hall–Kier alpha value is -1.58. The highest BCUT2D eigenvalue weighted by Gasteiger charge is 2.12. The van der Waals surface area contributed by atoms with Crippen LogP contribution in [0.3, 0.4) is 0 Å². The molecule has 2 aromatic carbocycles. The summed E-state index contributed by atoms with van der Waals surface area (Å²) in [6, 6.07) is 11.0. The van der Waals surface area contributed by atoms with Gasteiger partial charge in [-0.25, -0.2) is 4.39 Å². The van der Waals surface area contributed by atoms with Crippen molar-refractivity contribution >= 4 is 11.6 Å². The lowest BCUT2D eigenvalue weighted by atomic mass is 10.1. The molecule has 0 saturated heterocycles. The van der Waals surface area contributed by atoms with Crippen LogP contribution >= 0.6 is 11.6 Å². The van der Waals surface area contributed by atoms with Gasteiger partial charge < -0.3 is 10.1 Å². The van der Waals surface area contributed by atoms with Crippen LogP contribution in [0.2, 0.25) is 5.02 Å². The van der Waals surface area contributed by atoms with E-state index in [-0.39, 0.29) is 17.7 Å². The molecule has 0 aliphatic rings. The highest BCUT2D eigenvalue weighted by molar-refractivity contribution is 6.31. The number of ether oxygens (including phenoxy) is 1. The van der Waals surface area contributed by atoms with Gasteiger partial charge in [0.25, 0.3) is 0 Å². The van der Waals surface area contributed by atoms with Crippen LogP contribution in [0.25, 0.3) is 0 Å². The highest BCUT2D eigenvalue weighted by Crippen LogP contribution is 2.28. The second-order valence-electron chi connectivity index (χ2n) is 5.05. The first kappa shape index (κ1) is 15.8. The zero-order chi connectivity index (χ0) is 15.4. The minimum Gasteiger partial charge on any atom is -0.488 e. The number of nitrogens with one attached hydrogen (secondary N) is 1. The Morgan fingerprint density at radius 2 is 2.05 bits per heavy atom. The molecule has 0 bridgehead atoms. The van der Waals surface area contributed by atoms with Gasteiger partial charge in [-0.3, -0.25) is 0 Å². The maximum absolute atomic E-state index is 13.4. The fourth-order valence-electron chi connectivity index (χ4n) is 2.10. The molecule has 0 aliphatic carbocycles. The number of aryl methyl sites for hydroxylation is 1. The van der Waals surface area contributed by atoms with E-state index in [4.69, 9.17) is 16.3 Å². The van der Waals surface area contributed by atoms with Gasteiger partial charge in [0.2, 0.25) is 0 Å². The fraction of sp³-hybridized carbons (Fsp3) is 0.294. The van der Waals surface area contributed by atoms with E-state index < -0.39 is 5.82 Å². The second kappa shape index (κ2) is 6.92. The maximum atomic E-state index is 13.4. The molecule has 0 aromatic heterocycles. The molecule has 1 unspecified atom stereocenters. The lowest BCUT2D eigenvalue weighted by Gasteiger charge is -2.17. The van der Waals surface area contributed by atoms with Gasteiger partial charge in [0.1, 0.15) is 18.2 Å². The summed E-state index contributed by atoms with van der Waals surface area (Å²) >= 11 is 5.95. The largest absolute Gasteiger partial charge is 0.488 e. The van der Waals surface area contributed by atoms with Crippen molar-refractivity contribution in [2.45, 2.75) is 26.5 Å². The van der Waals surface area contributed by atoms with E-state index in [9.17, 15) is 4.39 Å². The molecule has 1 N–H and O–H groups in total. The topological polar surface area (TPSA) is 21.3 Å². The van der Waals surface area contributed by atoms with Crippen molar-refractivity contribution in [1.82, 2.24) is 5.32 Å². The summed E-state index contributed by atoms with van der Waals surface area (Å²) in [6.45, 7) is 4.31. The minimum atomic E-state index is -0.425. The van der Waals surface area contributed by atoms with Crippen LogP contribution in [0.15, 0.2) is 36.4 Å². The molecule has 4 heteroatoms. The average molecular weight is 308 g/mol. The molecule has 21 heavy (non-hydrogen) atoms. The Labute approximate surface area is 129 Å². The summed E-state index contributed by atoms with van der Waals surface area (Å²) in [5.74, 6) is 0.364. The Kier molecular flexibility index (Phi) is 5.21. The summed E-state index contributed by atoms with van der Waals surface area (Å²) < 4.78 is 19.3. The highest BCUT2D eigenvalue weighted by atomic mass is 35.5. The van der Waals surface area contributed by atoms with Gasteiger partial charge in [0.15, 0.2) is 0 Å². The molecular formula is C17H19ClFNO. The van der Waals surface area contributed by atoms with Crippen molar-refractivity contribution < 1.29 is 9.13 Å². The van der Waals surface area contributed by atoms with Crippen LogP contribution in [-0.4, -0.2) is 7.05 Å². The molecule has 2 aromatic rings. The van der Waals surface area contributed by atoms with Crippen molar-refractivity contribution in [2.24, 2.45) is 0 Å². The third-order valence-electron chi connectivity index (χ3n) is 3.48. The van der Waals surface area contributed by atoms with Crippen LogP contribution in [0.1, 0.15) is 29.7 Å². The molecule has 0 spiro atoms. The molecule has 0 saturated carbocycles. The van der Waals surface area contributed by atoms with E-state index in [1.807, 2.05) is 32.2 Å². The number of rotatable bonds is 5. The summed E-state index contributed by atoms with van der Waals surface area (Å²) in [5, 5.41) is 3.31. The Bertz CT molecular complexity index is 630. The standard InChI is InChI=1S/C17H19ClFNO/c1-11-7-8-14(12(2)20-3)16(9-11)21-10-13-5-4-6-15(19)17(13)18/h4-9,12,20H,10H2,1-3H3. The number of hydrogen-bond donors (Lipinski definition) is 1. The molecule has 1 atom stereocenters. The molecule has 112 valence electrons. The zero-order valence-electron chi connectivity index (χ0n) is 12.4. The van der Waals surface area contributed by atoms with Crippen LogP contribution in [0, 0.1) is 12.7 Å². The molecule has 0 fully saturated rings. The van der Waals surface area contributed by atoms with E-state index in [0.29, 0.717) is 5.56 Å². The minimum absolute atomic E-state index is 0.119. The molecule has 0 heterocycles. The van der Waals surface area contributed by atoms with Crippen molar-refractivity contribution in [1.29, 1.82) is 0 Å². The van der Waals surface area contributed by atoms with Crippen molar-refractivity contribution in [2.75, 3.05) is 7.05 Å². The molecule has 2 rings (SSSR count). The third kappa shape index (κ3) is 3.74. The van der Waals surface area contributed by atoms with Crippen LogP contribution < -0.4 is 10.1 Å². The van der Waals surface area contributed by atoms with E-state index in [2.05, 4.69) is 12.2 Å². The number of hydrogen-bond acceptors (Lipinski definition) is 2. The number of halogens is 2. The first-order valence-electron chi connectivity index (χ1n) is 6.86. The maximum Gasteiger partial charge on any atom is 0.142 e. The fourth-order valence-corrected chi connectivity index (χ4v) is 2.28. The van der Waals surface area contributed by atoms with Crippen LogP contribution in [0.5, 0.6) is 5.75 Å². The van der Waals surface area contributed by atoms with Gasteiger partial charge in [-0.15, -0.1) is 0 Å². The molecular weight excluding hydrogens is 289 g/mol. The molecule has 0 radical (unpaired) electrons. The first-order chi connectivity index (χ1) is 10.0. The SMILES string of the molecule is CNC(C)c1ccc(C)cc1OCc1cccc(F)c1Cl. The van der Waals surface area contributed by atoms with E-state index in [1.165, 1.54) is 6.07 Å². The monoisotopic (exact) mass is 307 g/mol. The van der Waals surface area contributed by atoms with Gasteiger partial charge in [-0.2, -0.15) is 0 Å². The second-order valence-corrected chi connectivity index (χ2v) is 5.43. The van der Waals surface area contributed by atoms with Crippen LogP contribution in [0.4, 0.5) is 4.39 Å². The predicted octanol–water partition coefficient (Wildman–Crippen LogP) is 4.65. The van der Waals surface area contributed by atoms with E-state index in [0.717, 1.165) is 16.9 Å². The van der Waals surface area contributed by atoms with Gasteiger partial charge in [-0.05, 0) is 38.6 Å². The quantitative estimate of drug-likeness (QED) is 0.868. The molecule has 2 nitrogen and oxygen atoms in total. The van der Waals surface area contributed by atoms with Crippen molar-refractivity contribution in [3.05, 3.63) is 63.9 Å². The average Bonchev–Trinajstić information content (AvgIpc) is 2.48. The summed E-state index contributed by atoms with van der Waals surface area (Å²) in [5.41, 5.74) is 2.82. The Morgan fingerprint density at radius 1 is 1.29 bits per heavy atom. The van der Waals surface area contributed by atoms with Crippen molar-refractivity contribution in [3.63, 3.8) is 0 Å². The normalized spacial score (nSPS) is 12.2. The Balaban J connectivity index is 2.23. The number of benzene rings is 2. The van der Waals surface area contributed by atoms with Gasteiger partial charge in [0, 0.05) is 17.2 Å². The lowest BCUT2D eigenvalue weighted by molar-refractivity contribution is 0.299. The van der Waals surface area contributed by atoms with Crippen LogP contribution in [-0.2, 0) is 6.61 Å². The van der Waals surface area contributed by atoms with Gasteiger partial charge in [-0.1, -0.05) is 35.9 Å².